The highest BCUT2D eigenvalue weighted by Crippen LogP contribution is 2.34. The van der Waals surface area contributed by atoms with Gasteiger partial charge in [-0.15, -0.1) is 0 Å². The third-order valence-electron chi connectivity index (χ3n) is 3.74. The van der Waals surface area contributed by atoms with Crippen LogP contribution in [0.2, 0.25) is 0 Å². The largest absolute Gasteiger partial charge is 0.481 e. The van der Waals surface area contributed by atoms with Gasteiger partial charge in [-0.2, -0.15) is 0 Å². The van der Waals surface area contributed by atoms with E-state index in [1.54, 1.807) is 7.05 Å². The third-order valence-corrected chi connectivity index (χ3v) is 3.74. The number of hydrogen-bond donors (Lipinski definition) is 3. The lowest BCUT2D eigenvalue weighted by Crippen LogP contribution is -2.43. The molecule has 0 atom stereocenters. The Balaban J connectivity index is 2.51. The fourth-order valence-electron chi connectivity index (χ4n) is 2.47. The van der Waals surface area contributed by atoms with Crippen LogP contribution in [0, 0.1) is 5.41 Å². The summed E-state index contributed by atoms with van der Waals surface area (Å²) in [6, 6.07) is 0. The molecule has 1 saturated carbocycles. The van der Waals surface area contributed by atoms with E-state index in [-0.39, 0.29) is 12.5 Å². The highest BCUT2D eigenvalue weighted by atomic mass is 16.4. The van der Waals surface area contributed by atoms with Crippen molar-refractivity contribution in [2.45, 2.75) is 44.9 Å². The Morgan fingerprint density at radius 1 is 1.17 bits per heavy atom. The van der Waals surface area contributed by atoms with Crippen molar-refractivity contribution in [3.05, 3.63) is 0 Å². The molecule has 1 fully saturated rings. The fourth-order valence-corrected chi connectivity index (χ4v) is 2.47. The maximum absolute atomic E-state index is 11.6. The van der Waals surface area contributed by atoms with Crippen molar-refractivity contribution in [3.63, 3.8) is 0 Å². The van der Waals surface area contributed by atoms with Crippen LogP contribution in [-0.4, -0.2) is 37.1 Å². The molecule has 0 aromatic carbocycles. The highest BCUT2D eigenvalue weighted by Gasteiger charge is 2.38. The van der Waals surface area contributed by atoms with Gasteiger partial charge in [-0.25, -0.2) is 0 Å². The Kier molecular flexibility index (Phi) is 6.12. The Hall–Kier alpha value is -1.10. The standard InChI is InChI=1S/C13H24N2O3/c1-14-9-6-11(16)15-10-13(12(17)18)7-4-2-3-5-8-13/h14H,2-10H2,1H3,(H,15,16)(H,17,18). The first-order valence-electron chi connectivity index (χ1n) is 6.75. The monoisotopic (exact) mass is 256 g/mol. The quantitative estimate of drug-likeness (QED) is 0.623. The topological polar surface area (TPSA) is 78.4 Å². The van der Waals surface area contributed by atoms with Crippen molar-refractivity contribution in [1.29, 1.82) is 0 Å². The Morgan fingerprint density at radius 3 is 2.28 bits per heavy atom. The van der Waals surface area contributed by atoms with Crippen LogP contribution >= 0.6 is 0 Å². The van der Waals surface area contributed by atoms with Crippen LogP contribution in [-0.2, 0) is 9.59 Å². The summed E-state index contributed by atoms with van der Waals surface area (Å²) in [5.74, 6) is -0.840. The van der Waals surface area contributed by atoms with Crippen LogP contribution in [0.5, 0.6) is 0 Å². The van der Waals surface area contributed by atoms with E-state index in [9.17, 15) is 14.7 Å². The molecule has 0 aromatic rings. The second-order valence-corrected chi connectivity index (χ2v) is 5.13. The number of carboxylic acids is 1. The molecule has 1 aliphatic rings. The van der Waals surface area contributed by atoms with Gasteiger partial charge in [0, 0.05) is 19.5 Å². The van der Waals surface area contributed by atoms with Gasteiger partial charge in [0.2, 0.25) is 5.91 Å². The molecule has 1 amide bonds. The van der Waals surface area contributed by atoms with E-state index in [1.165, 1.54) is 0 Å². The zero-order valence-corrected chi connectivity index (χ0v) is 11.1. The summed E-state index contributed by atoms with van der Waals surface area (Å²) >= 11 is 0. The summed E-state index contributed by atoms with van der Waals surface area (Å²) in [7, 11) is 1.79. The molecule has 1 aliphatic carbocycles. The second-order valence-electron chi connectivity index (χ2n) is 5.13. The molecular weight excluding hydrogens is 232 g/mol. The number of aliphatic carboxylic acids is 1. The van der Waals surface area contributed by atoms with Gasteiger partial charge in [-0.3, -0.25) is 9.59 Å². The molecule has 0 saturated heterocycles. The van der Waals surface area contributed by atoms with Crippen LogP contribution in [0.15, 0.2) is 0 Å². The number of amides is 1. The number of carbonyl (C=O) groups is 2. The summed E-state index contributed by atoms with van der Waals surface area (Å²) in [5.41, 5.74) is -0.744. The molecule has 0 radical (unpaired) electrons. The summed E-state index contributed by atoms with van der Waals surface area (Å²) in [6.45, 7) is 0.886. The van der Waals surface area contributed by atoms with Gasteiger partial charge in [0.1, 0.15) is 0 Å². The van der Waals surface area contributed by atoms with Crippen LogP contribution < -0.4 is 10.6 Å². The second kappa shape index (κ2) is 7.36. The smallest absolute Gasteiger partial charge is 0.311 e. The Morgan fingerprint density at radius 2 is 1.78 bits per heavy atom. The minimum absolute atomic E-state index is 0.0748. The normalized spacial score (nSPS) is 18.9. The molecule has 5 nitrogen and oxygen atoms in total. The predicted octanol–water partition coefficient (Wildman–Crippen LogP) is 1.14. The average Bonchev–Trinajstić information content (AvgIpc) is 2.60. The van der Waals surface area contributed by atoms with E-state index in [1.807, 2.05) is 0 Å². The number of carboxylic acid groups (broad SMARTS) is 1. The van der Waals surface area contributed by atoms with Crippen LogP contribution in [0.1, 0.15) is 44.9 Å². The number of nitrogens with one attached hydrogen (secondary N) is 2. The Bertz CT molecular complexity index is 284. The molecule has 1 rings (SSSR count). The average molecular weight is 256 g/mol. The first kappa shape index (κ1) is 15.0. The lowest BCUT2D eigenvalue weighted by Gasteiger charge is -2.28. The summed E-state index contributed by atoms with van der Waals surface area (Å²) in [6.07, 6.45) is 5.83. The third kappa shape index (κ3) is 4.29. The lowest BCUT2D eigenvalue weighted by molar-refractivity contribution is -0.149. The van der Waals surface area contributed by atoms with Gasteiger partial charge >= 0.3 is 5.97 Å². The predicted molar refractivity (Wildman–Crippen MR) is 69.3 cm³/mol. The van der Waals surface area contributed by atoms with Crippen molar-refractivity contribution in [3.8, 4) is 0 Å². The summed E-state index contributed by atoms with van der Waals surface area (Å²) in [4.78, 5) is 23.0. The summed E-state index contributed by atoms with van der Waals surface area (Å²) in [5, 5.41) is 15.1. The van der Waals surface area contributed by atoms with Crippen molar-refractivity contribution in [2.75, 3.05) is 20.1 Å². The van der Waals surface area contributed by atoms with E-state index in [2.05, 4.69) is 10.6 Å². The van der Waals surface area contributed by atoms with Crippen LogP contribution in [0.25, 0.3) is 0 Å². The van der Waals surface area contributed by atoms with E-state index in [0.29, 0.717) is 25.8 Å². The first-order chi connectivity index (χ1) is 8.60. The van der Waals surface area contributed by atoms with E-state index in [0.717, 1.165) is 25.7 Å². The van der Waals surface area contributed by atoms with Crippen LogP contribution in [0.3, 0.4) is 0 Å². The van der Waals surface area contributed by atoms with Crippen molar-refractivity contribution < 1.29 is 14.7 Å². The molecule has 0 aromatic heterocycles. The summed E-state index contributed by atoms with van der Waals surface area (Å²) < 4.78 is 0. The van der Waals surface area contributed by atoms with Gasteiger partial charge in [-0.1, -0.05) is 25.7 Å². The highest BCUT2D eigenvalue weighted by molar-refractivity contribution is 5.79. The van der Waals surface area contributed by atoms with Gasteiger partial charge in [0.05, 0.1) is 5.41 Å². The van der Waals surface area contributed by atoms with Crippen molar-refractivity contribution in [1.82, 2.24) is 10.6 Å². The lowest BCUT2D eigenvalue weighted by atomic mass is 9.80. The van der Waals surface area contributed by atoms with Gasteiger partial charge in [0.25, 0.3) is 0 Å². The number of rotatable bonds is 6. The molecule has 104 valence electrons. The minimum Gasteiger partial charge on any atom is -0.481 e. The molecule has 0 bridgehead atoms. The first-order valence-corrected chi connectivity index (χ1v) is 6.75. The maximum atomic E-state index is 11.6. The van der Waals surface area contributed by atoms with Crippen molar-refractivity contribution in [2.24, 2.45) is 5.41 Å². The molecule has 18 heavy (non-hydrogen) atoms. The van der Waals surface area contributed by atoms with Crippen LogP contribution in [0.4, 0.5) is 0 Å². The van der Waals surface area contributed by atoms with E-state index < -0.39 is 11.4 Å². The molecule has 0 heterocycles. The van der Waals surface area contributed by atoms with E-state index in [4.69, 9.17) is 0 Å². The van der Waals surface area contributed by atoms with E-state index >= 15 is 0 Å². The molecule has 0 spiro atoms. The molecule has 3 N–H and O–H groups in total. The number of hydrogen-bond acceptors (Lipinski definition) is 3. The molecule has 0 aliphatic heterocycles. The van der Waals surface area contributed by atoms with Gasteiger partial charge in [-0.05, 0) is 19.9 Å². The fraction of sp³-hybridized carbons (Fsp3) is 0.846. The molecule has 5 heteroatoms. The Labute approximate surface area is 108 Å². The number of carbonyl (C=O) groups excluding carboxylic acids is 1. The zero-order chi connectivity index (χ0) is 13.4. The molecular formula is C13H24N2O3. The zero-order valence-electron chi connectivity index (χ0n) is 11.1. The molecule has 0 unspecified atom stereocenters. The van der Waals surface area contributed by atoms with Gasteiger partial charge < -0.3 is 15.7 Å². The SMILES string of the molecule is CNCCC(=O)NCC1(C(=O)O)CCCCCC1. The van der Waals surface area contributed by atoms with Gasteiger partial charge in [0.15, 0.2) is 0 Å². The maximum Gasteiger partial charge on any atom is 0.311 e. The van der Waals surface area contributed by atoms with Crippen molar-refractivity contribution >= 4 is 11.9 Å². The minimum atomic E-state index is -0.765.